The van der Waals surface area contributed by atoms with E-state index in [9.17, 15) is 8.42 Å². The Morgan fingerprint density at radius 3 is 2.00 bits per heavy atom. The molecule has 0 N–H and O–H groups in total. The van der Waals surface area contributed by atoms with Crippen molar-refractivity contribution in [2.75, 3.05) is 24.6 Å². The van der Waals surface area contributed by atoms with Gasteiger partial charge in [0.15, 0.2) is 9.84 Å². The van der Waals surface area contributed by atoms with Crippen LogP contribution in [0.2, 0.25) is 0 Å². The van der Waals surface area contributed by atoms with Crippen LogP contribution in [-0.2, 0) is 9.84 Å². The van der Waals surface area contributed by atoms with Gasteiger partial charge in [0.05, 0.1) is 11.5 Å². The van der Waals surface area contributed by atoms with Crippen molar-refractivity contribution in [2.45, 2.75) is 19.9 Å². The molecular formula is C7H15NO2S. The Morgan fingerprint density at radius 2 is 1.64 bits per heavy atom. The Morgan fingerprint density at radius 1 is 1.18 bits per heavy atom. The maximum absolute atomic E-state index is 11.0. The first-order chi connectivity index (χ1) is 5.01. The van der Waals surface area contributed by atoms with Gasteiger partial charge in [-0.15, -0.1) is 0 Å². The molecule has 66 valence electrons. The molecule has 0 spiro atoms. The molecule has 11 heavy (non-hydrogen) atoms. The quantitative estimate of drug-likeness (QED) is 0.571. The molecule has 0 radical (unpaired) electrons. The van der Waals surface area contributed by atoms with E-state index in [4.69, 9.17) is 0 Å². The smallest absolute Gasteiger partial charge is 0.152 e. The van der Waals surface area contributed by atoms with E-state index >= 15 is 0 Å². The average molecular weight is 177 g/mol. The molecule has 0 bridgehead atoms. The van der Waals surface area contributed by atoms with Crippen LogP contribution in [0.1, 0.15) is 13.8 Å². The minimum Gasteiger partial charge on any atom is -0.299 e. The Kier molecular flexibility index (Phi) is 2.54. The molecule has 1 fully saturated rings. The predicted octanol–water partition coefficient (Wildman–Crippen LogP) is 0.125. The molecule has 1 aliphatic heterocycles. The van der Waals surface area contributed by atoms with Crippen LogP contribution in [0, 0.1) is 0 Å². The summed E-state index contributed by atoms with van der Waals surface area (Å²) >= 11 is 0. The molecule has 1 saturated heterocycles. The summed E-state index contributed by atoms with van der Waals surface area (Å²) in [6.07, 6.45) is 0. The van der Waals surface area contributed by atoms with Crippen molar-refractivity contribution in [3.8, 4) is 0 Å². The third-order valence-electron chi connectivity index (χ3n) is 2.11. The first-order valence-corrected chi connectivity index (χ1v) is 5.78. The molecule has 0 amide bonds. The summed E-state index contributed by atoms with van der Waals surface area (Å²) in [6.45, 7) is 5.61. The molecule has 0 aromatic carbocycles. The first-order valence-electron chi connectivity index (χ1n) is 3.96. The molecule has 4 heteroatoms. The molecular weight excluding hydrogens is 162 g/mol. The van der Waals surface area contributed by atoms with E-state index in [2.05, 4.69) is 18.7 Å². The summed E-state index contributed by atoms with van der Waals surface area (Å²) in [5.41, 5.74) is 0. The first kappa shape index (κ1) is 9.00. The van der Waals surface area contributed by atoms with Gasteiger partial charge in [-0.05, 0) is 13.8 Å². The van der Waals surface area contributed by atoms with E-state index < -0.39 is 9.84 Å². The van der Waals surface area contributed by atoms with Gasteiger partial charge >= 0.3 is 0 Å². The van der Waals surface area contributed by atoms with Gasteiger partial charge in [-0.2, -0.15) is 0 Å². The Balaban J connectivity index is 2.49. The van der Waals surface area contributed by atoms with Gasteiger partial charge in [0.25, 0.3) is 0 Å². The highest BCUT2D eigenvalue weighted by Crippen LogP contribution is 2.06. The summed E-state index contributed by atoms with van der Waals surface area (Å²) < 4.78 is 22.0. The van der Waals surface area contributed by atoms with Crippen molar-refractivity contribution in [1.29, 1.82) is 0 Å². The van der Waals surface area contributed by atoms with E-state index in [-0.39, 0.29) is 0 Å². The standard InChI is InChI=1S/C7H15NO2S/c1-7(2)8-3-5-11(9,10)6-4-8/h7H,3-6H2,1-2H3. The zero-order valence-corrected chi connectivity index (χ0v) is 7.89. The maximum Gasteiger partial charge on any atom is 0.152 e. The molecule has 1 rings (SSSR count). The van der Waals surface area contributed by atoms with E-state index in [0.717, 1.165) is 0 Å². The van der Waals surface area contributed by atoms with Gasteiger partial charge in [0.2, 0.25) is 0 Å². The van der Waals surface area contributed by atoms with E-state index in [1.807, 2.05) is 0 Å². The van der Waals surface area contributed by atoms with Crippen molar-refractivity contribution >= 4 is 9.84 Å². The van der Waals surface area contributed by atoms with Crippen molar-refractivity contribution in [3.05, 3.63) is 0 Å². The van der Waals surface area contributed by atoms with E-state index in [0.29, 0.717) is 30.6 Å². The average Bonchev–Trinajstić information content (AvgIpc) is 1.86. The zero-order valence-electron chi connectivity index (χ0n) is 7.08. The molecule has 0 aliphatic carbocycles. The maximum atomic E-state index is 11.0. The number of nitrogens with zero attached hydrogens (tertiary/aromatic N) is 1. The lowest BCUT2D eigenvalue weighted by Crippen LogP contribution is -2.43. The molecule has 1 aliphatic rings. The van der Waals surface area contributed by atoms with Gasteiger partial charge in [0.1, 0.15) is 0 Å². The summed E-state index contributed by atoms with van der Waals surface area (Å²) in [7, 11) is -2.69. The number of hydrogen-bond acceptors (Lipinski definition) is 3. The third kappa shape index (κ3) is 2.45. The Hall–Kier alpha value is -0.0900. The Labute approximate surface area is 68.3 Å². The van der Waals surface area contributed by atoms with Crippen LogP contribution in [0.4, 0.5) is 0 Å². The molecule has 0 atom stereocenters. The lowest BCUT2D eigenvalue weighted by molar-refractivity contribution is 0.240. The highest BCUT2D eigenvalue weighted by atomic mass is 32.2. The van der Waals surface area contributed by atoms with Crippen molar-refractivity contribution in [1.82, 2.24) is 4.90 Å². The van der Waals surface area contributed by atoms with Crippen LogP contribution in [0.3, 0.4) is 0 Å². The second-order valence-electron chi connectivity index (χ2n) is 3.28. The molecule has 3 nitrogen and oxygen atoms in total. The van der Waals surface area contributed by atoms with Gasteiger partial charge in [0, 0.05) is 19.1 Å². The summed E-state index contributed by atoms with van der Waals surface area (Å²) in [6, 6.07) is 0.477. The number of hydrogen-bond donors (Lipinski definition) is 0. The second-order valence-corrected chi connectivity index (χ2v) is 5.59. The molecule has 1 heterocycles. The lowest BCUT2D eigenvalue weighted by atomic mass is 10.3. The molecule has 0 saturated carbocycles. The minimum absolute atomic E-state index is 0.338. The SMILES string of the molecule is CC(C)N1CCS(=O)(=O)CC1. The normalized spacial score (nSPS) is 25.7. The lowest BCUT2D eigenvalue weighted by Gasteiger charge is -2.29. The number of rotatable bonds is 1. The summed E-state index contributed by atoms with van der Waals surface area (Å²) in [4.78, 5) is 2.20. The van der Waals surface area contributed by atoms with E-state index in [1.165, 1.54) is 0 Å². The van der Waals surface area contributed by atoms with Crippen LogP contribution in [0.15, 0.2) is 0 Å². The van der Waals surface area contributed by atoms with Crippen LogP contribution >= 0.6 is 0 Å². The summed E-state index contributed by atoms with van der Waals surface area (Å²) in [5.74, 6) is 0.677. The van der Waals surface area contributed by atoms with Crippen LogP contribution in [-0.4, -0.2) is 44.0 Å². The van der Waals surface area contributed by atoms with E-state index in [1.54, 1.807) is 0 Å². The van der Waals surface area contributed by atoms with Crippen LogP contribution < -0.4 is 0 Å². The van der Waals surface area contributed by atoms with Crippen molar-refractivity contribution in [3.63, 3.8) is 0 Å². The molecule has 0 unspecified atom stereocenters. The Bertz CT molecular complexity index is 207. The van der Waals surface area contributed by atoms with Gasteiger partial charge < -0.3 is 0 Å². The minimum atomic E-state index is -2.69. The largest absolute Gasteiger partial charge is 0.299 e. The van der Waals surface area contributed by atoms with Crippen molar-refractivity contribution in [2.24, 2.45) is 0 Å². The highest BCUT2D eigenvalue weighted by Gasteiger charge is 2.22. The molecule has 0 aromatic rings. The van der Waals surface area contributed by atoms with Gasteiger partial charge in [-0.3, -0.25) is 4.90 Å². The van der Waals surface area contributed by atoms with Crippen molar-refractivity contribution < 1.29 is 8.42 Å². The number of sulfone groups is 1. The van der Waals surface area contributed by atoms with Gasteiger partial charge in [-0.1, -0.05) is 0 Å². The predicted molar refractivity (Wildman–Crippen MR) is 45.4 cm³/mol. The fourth-order valence-corrected chi connectivity index (χ4v) is 2.47. The topological polar surface area (TPSA) is 37.4 Å². The second kappa shape index (κ2) is 3.11. The monoisotopic (exact) mass is 177 g/mol. The van der Waals surface area contributed by atoms with Crippen LogP contribution in [0.25, 0.3) is 0 Å². The van der Waals surface area contributed by atoms with Gasteiger partial charge in [-0.25, -0.2) is 8.42 Å². The fraction of sp³-hybridized carbons (Fsp3) is 1.00. The fourth-order valence-electron chi connectivity index (χ4n) is 1.24. The molecule has 0 aromatic heterocycles. The van der Waals surface area contributed by atoms with Crippen LogP contribution in [0.5, 0.6) is 0 Å². The zero-order chi connectivity index (χ0) is 8.48. The summed E-state index contributed by atoms with van der Waals surface area (Å²) in [5, 5.41) is 0. The third-order valence-corrected chi connectivity index (χ3v) is 3.72. The highest BCUT2D eigenvalue weighted by molar-refractivity contribution is 7.91.